The van der Waals surface area contributed by atoms with Crippen molar-refractivity contribution in [2.75, 3.05) is 20.1 Å². The lowest BCUT2D eigenvalue weighted by atomic mass is 10.3. The molecule has 0 N–H and O–H groups in total. The van der Waals surface area contributed by atoms with Gasteiger partial charge >= 0.3 is 8.68 Å². The minimum atomic E-state index is -6.00. The Morgan fingerprint density at radius 2 is 1.85 bits per heavy atom. The predicted octanol–water partition coefficient (Wildman–Crippen LogP) is 2.09. The topological polar surface area (TPSA) is 6.48 Å². The van der Waals surface area contributed by atoms with E-state index in [1.165, 1.54) is 0 Å². The number of hydrogen-bond acceptors (Lipinski definition) is 2. The largest absolute Gasteiger partial charge is 1.00 e. The molecular formula is C6H13BF4N2. The van der Waals surface area contributed by atoms with E-state index in [2.05, 4.69) is 36.3 Å². The van der Waals surface area contributed by atoms with Crippen LogP contribution in [0, 0.1) is 0 Å². The summed E-state index contributed by atoms with van der Waals surface area (Å²) in [4.78, 5) is 0. The lowest BCUT2D eigenvalue weighted by Gasteiger charge is -2.22. The van der Waals surface area contributed by atoms with Crippen molar-refractivity contribution in [2.45, 2.75) is 6.92 Å². The van der Waals surface area contributed by atoms with Crippen LogP contribution in [0.15, 0.2) is 12.3 Å². The van der Waals surface area contributed by atoms with Gasteiger partial charge in [-0.25, -0.2) is 5.01 Å². The molecule has 13 heavy (non-hydrogen) atoms. The van der Waals surface area contributed by atoms with Crippen LogP contribution in [-0.2, 0) is 0 Å². The Hall–Kier alpha value is -0.715. The van der Waals surface area contributed by atoms with E-state index >= 15 is 0 Å². The zero-order chi connectivity index (χ0) is 10.5. The molecule has 0 unspecified atom stereocenters. The van der Waals surface area contributed by atoms with Crippen LogP contribution in [-0.4, -0.2) is 37.4 Å². The van der Waals surface area contributed by atoms with E-state index < -0.39 is 7.25 Å². The van der Waals surface area contributed by atoms with Gasteiger partial charge in [-0.05, 0) is 0 Å². The Balaban J connectivity index is 0. The van der Waals surface area contributed by atoms with E-state index in [0.717, 1.165) is 13.1 Å². The van der Waals surface area contributed by atoms with Crippen LogP contribution in [0.25, 0.3) is 0 Å². The van der Waals surface area contributed by atoms with Crippen molar-refractivity contribution in [3.8, 4) is 0 Å². The summed E-state index contributed by atoms with van der Waals surface area (Å²) in [5.74, 6) is 0. The van der Waals surface area contributed by atoms with Gasteiger partial charge in [0.25, 0.3) is 0 Å². The molecule has 0 fully saturated rings. The highest BCUT2D eigenvalue weighted by Crippen LogP contribution is 2.06. The number of likely N-dealkylation sites (N-methyl/N-ethyl adjacent to an activating group) is 1. The second-order valence-electron chi connectivity index (χ2n) is 2.46. The molecule has 0 aliphatic carbocycles. The van der Waals surface area contributed by atoms with Gasteiger partial charge in [0.15, 0.2) is 0 Å². The van der Waals surface area contributed by atoms with Crippen molar-refractivity contribution in [3.63, 3.8) is 0 Å². The Labute approximate surface area is 76.4 Å². The third kappa shape index (κ3) is 7.64. The molecule has 0 saturated carbocycles. The van der Waals surface area contributed by atoms with Crippen molar-refractivity contribution in [2.24, 2.45) is 0 Å². The van der Waals surface area contributed by atoms with Crippen molar-refractivity contribution in [1.29, 1.82) is 0 Å². The van der Waals surface area contributed by atoms with Crippen molar-refractivity contribution in [3.05, 3.63) is 12.3 Å². The molecule has 0 spiro atoms. The molecule has 1 aliphatic heterocycles. The molecule has 0 bridgehead atoms. The molecule has 0 amide bonds. The molecule has 78 valence electrons. The maximum absolute atomic E-state index is 9.75. The molecule has 7 heteroatoms. The number of nitrogens with zero attached hydrogens (tertiary/aromatic N) is 2. The van der Waals surface area contributed by atoms with E-state index in [-0.39, 0.29) is 1.43 Å². The monoisotopic (exact) mass is 200 g/mol. The molecule has 1 heterocycles. The highest BCUT2D eigenvalue weighted by atomic mass is 19.5. The Bertz CT molecular complexity index is 170. The van der Waals surface area contributed by atoms with Crippen LogP contribution in [0.5, 0.6) is 0 Å². The van der Waals surface area contributed by atoms with Gasteiger partial charge in [0.05, 0.1) is 0 Å². The van der Waals surface area contributed by atoms with E-state index in [1.54, 1.807) is 0 Å². The summed E-state index contributed by atoms with van der Waals surface area (Å²) >= 11 is 0. The molecule has 1 aliphatic rings. The lowest BCUT2D eigenvalue weighted by Crippen LogP contribution is -2.31. The van der Waals surface area contributed by atoms with E-state index in [1.807, 2.05) is 0 Å². The molecule has 0 saturated heterocycles. The van der Waals surface area contributed by atoms with Crippen LogP contribution in [0.3, 0.4) is 0 Å². The predicted molar refractivity (Wildman–Crippen MR) is 45.4 cm³/mol. The number of hydrogen-bond donors (Lipinski definition) is 0. The summed E-state index contributed by atoms with van der Waals surface area (Å²) in [5.41, 5.74) is 0. The number of hydrazine groups is 1. The van der Waals surface area contributed by atoms with E-state index in [0.29, 0.717) is 0 Å². The third-order valence-electron chi connectivity index (χ3n) is 1.45. The molecule has 0 atom stereocenters. The number of halogens is 4. The standard InChI is InChI=1S/C6H12N2.BF4/c1-3-8-6-4-5-7(8)2;2-1(3,4)5/h4-5H,3,6H2,1-2H3;/q;-1/p+1. The summed E-state index contributed by atoms with van der Waals surface area (Å²) in [6.07, 6.45) is 4.24. The number of rotatable bonds is 1. The van der Waals surface area contributed by atoms with Crippen LogP contribution >= 0.6 is 0 Å². The molecule has 0 aromatic heterocycles. The molecule has 1 rings (SSSR count). The molecule has 2 nitrogen and oxygen atoms in total. The van der Waals surface area contributed by atoms with Crippen LogP contribution < -0.4 is 0 Å². The second-order valence-corrected chi connectivity index (χ2v) is 2.46. The van der Waals surface area contributed by atoms with Gasteiger partial charge in [0.1, 0.15) is 0 Å². The van der Waals surface area contributed by atoms with Gasteiger partial charge in [-0.1, -0.05) is 13.0 Å². The maximum Gasteiger partial charge on any atom is 1.00 e. The SMILES string of the molecule is CCN1CC=CN1C.F[B-](F)(F)F.[H+]. The van der Waals surface area contributed by atoms with Crippen molar-refractivity contribution in [1.82, 2.24) is 10.0 Å². The maximum atomic E-state index is 9.75. The Kier molecular flexibility index (Phi) is 4.83. The minimum absolute atomic E-state index is 0. The lowest BCUT2D eigenvalue weighted by molar-refractivity contribution is 0.0877. The van der Waals surface area contributed by atoms with Gasteiger partial charge in [-0.2, -0.15) is 0 Å². The summed E-state index contributed by atoms with van der Waals surface area (Å²) in [6.45, 7) is 4.33. The first kappa shape index (κ1) is 12.3. The van der Waals surface area contributed by atoms with Gasteiger partial charge < -0.3 is 22.3 Å². The zero-order valence-electron chi connectivity index (χ0n) is 8.55. The minimum Gasteiger partial charge on any atom is -0.418 e. The zero-order valence-corrected chi connectivity index (χ0v) is 7.55. The fraction of sp³-hybridized carbons (Fsp3) is 0.667. The molecule has 0 radical (unpaired) electrons. The van der Waals surface area contributed by atoms with Crippen LogP contribution in [0.1, 0.15) is 8.35 Å². The second kappa shape index (κ2) is 5.11. The Morgan fingerprint density at radius 1 is 1.38 bits per heavy atom. The van der Waals surface area contributed by atoms with Crippen molar-refractivity contribution >= 4 is 7.25 Å². The quantitative estimate of drug-likeness (QED) is 0.472. The first-order chi connectivity index (χ1) is 5.84. The average molecular weight is 200 g/mol. The molecule has 0 aromatic rings. The highest BCUT2D eigenvalue weighted by molar-refractivity contribution is 6.50. The fourth-order valence-corrected chi connectivity index (χ4v) is 0.897. The van der Waals surface area contributed by atoms with Crippen LogP contribution in [0.4, 0.5) is 17.3 Å². The highest BCUT2D eigenvalue weighted by Gasteiger charge is 2.20. The summed E-state index contributed by atoms with van der Waals surface area (Å²) < 4.78 is 39.0. The first-order valence-electron chi connectivity index (χ1n) is 3.86. The average Bonchev–Trinajstić information content (AvgIpc) is 2.31. The molecule has 0 aromatic carbocycles. The van der Waals surface area contributed by atoms with Crippen LogP contribution in [0.2, 0.25) is 0 Å². The van der Waals surface area contributed by atoms with E-state index in [4.69, 9.17) is 0 Å². The van der Waals surface area contributed by atoms with E-state index in [9.17, 15) is 17.3 Å². The van der Waals surface area contributed by atoms with Gasteiger partial charge in [-0.15, -0.1) is 0 Å². The molecular weight excluding hydrogens is 187 g/mol. The van der Waals surface area contributed by atoms with Gasteiger partial charge in [-0.3, -0.25) is 0 Å². The summed E-state index contributed by atoms with van der Waals surface area (Å²) in [6, 6.07) is 0. The van der Waals surface area contributed by atoms with Crippen molar-refractivity contribution < 1.29 is 18.7 Å². The fourth-order valence-electron chi connectivity index (χ4n) is 0.897. The Morgan fingerprint density at radius 3 is 2.00 bits per heavy atom. The smallest absolute Gasteiger partial charge is 0.418 e. The van der Waals surface area contributed by atoms with Gasteiger partial charge in [0.2, 0.25) is 0 Å². The summed E-state index contributed by atoms with van der Waals surface area (Å²) in [7, 11) is -3.94. The van der Waals surface area contributed by atoms with Gasteiger partial charge in [0, 0.05) is 26.3 Å². The first-order valence-corrected chi connectivity index (χ1v) is 3.86. The third-order valence-corrected chi connectivity index (χ3v) is 1.45. The summed E-state index contributed by atoms with van der Waals surface area (Å²) in [5, 5.41) is 4.36. The normalized spacial score (nSPS) is 17.2.